The van der Waals surface area contributed by atoms with Crippen LogP contribution in [0.5, 0.6) is 0 Å². The highest BCUT2D eigenvalue weighted by molar-refractivity contribution is 7.22. The zero-order chi connectivity index (χ0) is 34.2. The fourth-order valence-corrected chi connectivity index (χ4v) is 8.77. The van der Waals surface area contributed by atoms with Crippen molar-refractivity contribution in [3.63, 3.8) is 0 Å². The van der Waals surface area contributed by atoms with E-state index < -0.39 is 0 Å². The van der Waals surface area contributed by atoms with Crippen molar-refractivity contribution < 1.29 is 8.83 Å². The lowest BCUT2D eigenvalue weighted by atomic mass is 9.98. The predicted molar refractivity (Wildman–Crippen MR) is 217 cm³/mol. The Bertz CT molecular complexity index is 3130. The van der Waals surface area contributed by atoms with Gasteiger partial charge >= 0.3 is 0 Å². The number of benzene rings is 8. The van der Waals surface area contributed by atoms with Crippen LogP contribution < -0.4 is 4.90 Å². The summed E-state index contributed by atoms with van der Waals surface area (Å²) in [5.74, 6) is 0. The molecule has 0 aliphatic carbocycles. The van der Waals surface area contributed by atoms with Crippen LogP contribution >= 0.6 is 11.3 Å². The molecular weight excluding hydrogens is 657 g/mol. The third-order valence-corrected chi connectivity index (χ3v) is 11.2. The Kier molecular flexibility index (Phi) is 6.39. The molecule has 5 heteroatoms. The molecule has 8 aromatic carbocycles. The minimum absolute atomic E-state index is 0.830. The quantitative estimate of drug-likeness (QED) is 0.181. The van der Waals surface area contributed by atoms with Gasteiger partial charge in [0.15, 0.2) is 0 Å². The molecule has 11 rings (SSSR count). The molecule has 0 unspecified atom stereocenters. The molecule has 0 atom stereocenters. The van der Waals surface area contributed by atoms with Crippen molar-refractivity contribution in [1.82, 2.24) is 4.98 Å². The van der Waals surface area contributed by atoms with E-state index >= 15 is 0 Å². The van der Waals surface area contributed by atoms with Gasteiger partial charge in [-0.25, -0.2) is 4.98 Å². The Morgan fingerprint density at radius 2 is 1.10 bits per heavy atom. The summed E-state index contributed by atoms with van der Waals surface area (Å²) in [6.45, 7) is 0. The summed E-state index contributed by atoms with van der Waals surface area (Å²) in [4.78, 5) is 7.27. The number of nitrogens with zero attached hydrogens (tertiary/aromatic N) is 2. The van der Waals surface area contributed by atoms with Gasteiger partial charge in [-0.15, -0.1) is 11.3 Å². The van der Waals surface area contributed by atoms with Crippen LogP contribution in [0.25, 0.3) is 86.6 Å². The average molecular weight is 685 g/mol. The van der Waals surface area contributed by atoms with Gasteiger partial charge in [0, 0.05) is 56.3 Å². The van der Waals surface area contributed by atoms with Gasteiger partial charge < -0.3 is 13.7 Å². The standard InChI is InChI=1S/C47H28N2O2S/c1-2-10-31(11-3-1)47-48-40-25-26-42-45(46(40)52-47)39-24-22-34(28-44(39)51-42)49(33-21-23-38-37-14-6-7-16-41(37)50-43(38)27-33)32-19-17-30(18-20-32)36-15-8-12-29-9-4-5-13-35(29)36/h1-28H. The number of aromatic nitrogens is 1. The Balaban J connectivity index is 1.07. The lowest BCUT2D eigenvalue weighted by Gasteiger charge is -2.25. The van der Waals surface area contributed by atoms with E-state index in [-0.39, 0.29) is 0 Å². The van der Waals surface area contributed by atoms with Crippen LogP contribution in [-0.4, -0.2) is 4.98 Å². The number of hydrogen-bond donors (Lipinski definition) is 0. The molecule has 0 radical (unpaired) electrons. The maximum Gasteiger partial charge on any atom is 0.137 e. The number of para-hydroxylation sites is 1. The van der Waals surface area contributed by atoms with Gasteiger partial charge in [0.05, 0.1) is 10.2 Å². The molecule has 0 bridgehead atoms. The van der Waals surface area contributed by atoms with Gasteiger partial charge in [-0.3, -0.25) is 0 Å². The molecule has 0 fully saturated rings. The minimum Gasteiger partial charge on any atom is -0.456 e. The van der Waals surface area contributed by atoms with E-state index in [9.17, 15) is 0 Å². The number of rotatable bonds is 5. The molecular formula is C47H28N2O2S. The first-order valence-corrected chi connectivity index (χ1v) is 18.2. The highest BCUT2D eigenvalue weighted by Crippen LogP contribution is 2.44. The van der Waals surface area contributed by atoms with Gasteiger partial charge in [-0.2, -0.15) is 0 Å². The smallest absolute Gasteiger partial charge is 0.137 e. The van der Waals surface area contributed by atoms with Crippen molar-refractivity contribution in [2.24, 2.45) is 0 Å². The largest absolute Gasteiger partial charge is 0.456 e. The number of anilines is 3. The summed E-state index contributed by atoms with van der Waals surface area (Å²) >= 11 is 1.71. The summed E-state index contributed by atoms with van der Waals surface area (Å²) in [7, 11) is 0. The Labute approximate surface area is 302 Å². The second-order valence-corrected chi connectivity index (χ2v) is 14.1. The summed E-state index contributed by atoms with van der Waals surface area (Å²) in [5, 5.41) is 7.88. The van der Waals surface area contributed by atoms with E-state index in [1.54, 1.807) is 11.3 Å². The molecule has 0 aliphatic heterocycles. The second kappa shape index (κ2) is 11.4. The van der Waals surface area contributed by atoms with Crippen LogP contribution in [0.15, 0.2) is 179 Å². The Hall–Kier alpha value is -6.69. The van der Waals surface area contributed by atoms with Crippen LogP contribution in [0.2, 0.25) is 0 Å². The number of hydrogen-bond acceptors (Lipinski definition) is 5. The van der Waals surface area contributed by atoms with Crippen molar-refractivity contribution >= 4 is 93.3 Å². The maximum absolute atomic E-state index is 6.60. The van der Waals surface area contributed by atoms with E-state index in [4.69, 9.17) is 13.8 Å². The van der Waals surface area contributed by atoms with Gasteiger partial charge in [0.2, 0.25) is 0 Å². The first kappa shape index (κ1) is 29.1. The molecule has 4 nitrogen and oxygen atoms in total. The van der Waals surface area contributed by atoms with Crippen molar-refractivity contribution in [3.8, 4) is 21.7 Å². The summed E-state index contributed by atoms with van der Waals surface area (Å²) in [6, 6.07) is 59.6. The highest BCUT2D eigenvalue weighted by Gasteiger charge is 2.20. The average Bonchev–Trinajstić information content (AvgIpc) is 3.91. The van der Waals surface area contributed by atoms with Crippen LogP contribution in [-0.2, 0) is 0 Å². The third-order valence-electron chi connectivity index (χ3n) is 10.1. The fourth-order valence-electron chi connectivity index (χ4n) is 7.65. The van der Waals surface area contributed by atoms with E-state index in [0.29, 0.717) is 0 Å². The SMILES string of the molecule is c1ccc(-c2nc3ccc4oc5cc(N(c6ccc(-c7cccc8ccccc78)cc6)c6ccc7c(c6)oc6ccccc67)ccc5c4c3s2)cc1. The molecule has 0 spiro atoms. The van der Waals surface area contributed by atoms with Crippen molar-refractivity contribution in [2.45, 2.75) is 0 Å². The van der Waals surface area contributed by atoms with E-state index in [2.05, 4.69) is 150 Å². The van der Waals surface area contributed by atoms with Crippen molar-refractivity contribution in [2.75, 3.05) is 4.90 Å². The van der Waals surface area contributed by atoms with Gasteiger partial charge in [0.25, 0.3) is 0 Å². The lowest BCUT2D eigenvalue weighted by Crippen LogP contribution is -2.09. The van der Waals surface area contributed by atoms with Gasteiger partial charge in [-0.05, 0) is 76.5 Å². The normalized spacial score (nSPS) is 11.8. The van der Waals surface area contributed by atoms with E-state index in [0.717, 1.165) is 81.7 Å². The first-order chi connectivity index (χ1) is 25.7. The molecule has 0 N–H and O–H groups in total. The molecule has 0 amide bonds. The Morgan fingerprint density at radius 3 is 1.94 bits per heavy atom. The highest BCUT2D eigenvalue weighted by atomic mass is 32.1. The van der Waals surface area contributed by atoms with Crippen molar-refractivity contribution in [3.05, 3.63) is 170 Å². The number of fused-ring (bicyclic) bond motifs is 9. The monoisotopic (exact) mass is 684 g/mol. The third kappa shape index (κ3) is 4.57. The molecule has 3 heterocycles. The van der Waals surface area contributed by atoms with Crippen molar-refractivity contribution in [1.29, 1.82) is 0 Å². The first-order valence-electron chi connectivity index (χ1n) is 17.4. The Morgan fingerprint density at radius 1 is 0.442 bits per heavy atom. The number of thiazole rings is 1. The van der Waals surface area contributed by atoms with E-state index in [1.165, 1.54) is 21.9 Å². The van der Waals surface area contributed by atoms with Crippen LogP contribution in [0, 0.1) is 0 Å². The zero-order valence-corrected chi connectivity index (χ0v) is 28.6. The molecule has 0 aliphatic rings. The number of furan rings is 2. The molecule has 0 saturated carbocycles. The topological polar surface area (TPSA) is 42.4 Å². The molecule has 3 aromatic heterocycles. The lowest BCUT2D eigenvalue weighted by molar-refractivity contribution is 0.669. The summed E-state index contributed by atoms with van der Waals surface area (Å²) < 4.78 is 14.1. The van der Waals surface area contributed by atoms with Crippen LogP contribution in [0.1, 0.15) is 0 Å². The summed E-state index contributed by atoms with van der Waals surface area (Å²) in [5.41, 5.74) is 10.9. The minimum atomic E-state index is 0.830. The summed E-state index contributed by atoms with van der Waals surface area (Å²) in [6.07, 6.45) is 0. The maximum atomic E-state index is 6.60. The molecule has 11 aromatic rings. The van der Waals surface area contributed by atoms with Gasteiger partial charge in [-0.1, -0.05) is 103 Å². The van der Waals surface area contributed by atoms with Crippen LogP contribution in [0.3, 0.4) is 0 Å². The zero-order valence-electron chi connectivity index (χ0n) is 27.8. The fraction of sp³-hybridized carbons (Fsp3) is 0. The van der Waals surface area contributed by atoms with Gasteiger partial charge in [0.1, 0.15) is 27.3 Å². The molecule has 244 valence electrons. The van der Waals surface area contributed by atoms with Crippen LogP contribution in [0.4, 0.5) is 17.1 Å². The van der Waals surface area contributed by atoms with E-state index in [1.807, 2.05) is 24.3 Å². The predicted octanol–water partition coefficient (Wildman–Crippen LogP) is 14.1. The molecule has 52 heavy (non-hydrogen) atoms. The molecule has 0 saturated heterocycles. The second-order valence-electron chi connectivity index (χ2n) is 13.1.